The van der Waals surface area contributed by atoms with Gasteiger partial charge in [-0.05, 0) is 106 Å². The van der Waals surface area contributed by atoms with Gasteiger partial charge in [0, 0.05) is 69.4 Å². The van der Waals surface area contributed by atoms with E-state index in [2.05, 4.69) is 163 Å². The van der Waals surface area contributed by atoms with Crippen molar-refractivity contribution < 1.29 is 0 Å². The first-order chi connectivity index (χ1) is 27.7. The number of thiophene rings is 2. The lowest BCUT2D eigenvalue weighted by atomic mass is 9.93. The molecule has 0 saturated heterocycles. The number of benzene rings is 7. The highest BCUT2D eigenvalue weighted by Crippen LogP contribution is 2.41. The number of nitrogens with zero attached hydrogens (tertiary/aromatic N) is 3. The van der Waals surface area contributed by atoms with Crippen molar-refractivity contribution in [2.75, 3.05) is 0 Å². The van der Waals surface area contributed by atoms with E-state index in [9.17, 15) is 0 Å². The van der Waals surface area contributed by atoms with Gasteiger partial charge in [0.2, 0.25) is 0 Å². The molecule has 0 bridgehead atoms. The van der Waals surface area contributed by atoms with E-state index in [0.717, 1.165) is 50.3 Å². The summed E-state index contributed by atoms with van der Waals surface area (Å²) >= 11 is 3.69. The summed E-state index contributed by atoms with van der Waals surface area (Å²) in [5.41, 5.74) is 11.6. The Morgan fingerprint density at radius 3 is 1.43 bits per heavy atom. The third-order valence-electron chi connectivity index (χ3n) is 10.6. The molecule has 0 spiro atoms. The van der Waals surface area contributed by atoms with Crippen LogP contribution < -0.4 is 0 Å². The van der Waals surface area contributed by atoms with Crippen LogP contribution in [0.3, 0.4) is 0 Å². The minimum atomic E-state index is 0.679. The van der Waals surface area contributed by atoms with Crippen LogP contribution >= 0.6 is 22.7 Å². The molecule has 0 saturated carbocycles. The Morgan fingerprint density at radius 2 is 0.804 bits per heavy atom. The molecule has 0 radical (unpaired) electrons. The van der Waals surface area contributed by atoms with Crippen molar-refractivity contribution >= 4 is 63.0 Å². The van der Waals surface area contributed by atoms with Gasteiger partial charge in [-0.1, -0.05) is 103 Å². The Labute approximate surface area is 331 Å². The third-order valence-corrected chi connectivity index (χ3v) is 12.9. The van der Waals surface area contributed by atoms with Crippen molar-refractivity contribution in [1.29, 1.82) is 0 Å². The topological polar surface area (TPSA) is 38.7 Å². The molecular weight excluding hydrogens is 719 g/mol. The Balaban J connectivity index is 1.15. The summed E-state index contributed by atoms with van der Waals surface area (Å²) in [6.07, 6.45) is 3.66. The summed E-state index contributed by atoms with van der Waals surface area (Å²) in [7, 11) is 0. The highest BCUT2D eigenvalue weighted by molar-refractivity contribution is 7.26. The van der Waals surface area contributed by atoms with E-state index < -0.39 is 0 Å². The second kappa shape index (κ2) is 13.5. The fourth-order valence-electron chi connectivity index (χ4n) is 7.85. The van der Waals surface area contributed by atoms with Crippen LogP contribution in [0.1, 0.15) is 0 Å². The molecule has 4 aromatic heterocycles. The van der Waals surface area contributed by atoms with Gasteiger partial charge < -0.3 is 0 Å². The average Bonchev–Trinajstić information content (AvgIpc) is 3.84. The molecule has 7 aromatic carbocycles. The van der Waals surface area contributed by atoms with Gasteiger partial charge in [-0.2, -0.15) is 0 Å². The molecule has 262 valence electrons. The van der Waals surface area contributed by atoms with Gasteiger partial charge in [-0.25, -0.2) is 9.97 Å². The fourth-order valence-corrected chi connectivity index (χ4v) is 10.0. The summed E-state index contributed by atoms with van der Waals surface area (Å²) in [6.45, 7) is 0. The summed E-state index contributed by atoms with van der Waals surface area (Å²) in [6, 6.07) is 63.2. The Bertz CT molecular complexity index is 3120. The summed E-state index contributed by atoms with van der Waals surface area (Å²) in [4.78, 5) is 14.9. The Kier molecular flexibility index (Phi) is 7.87. The molecule has 56 heavy (non-hydrogen) atoms. The molecule has 0 N–H and O–H groups in total. The molecular formula is C51H31N3S2. The molecule has 3 nitrogen and oxygen atoms in total. The van der Waals surface area contributed by atoms with Crippen molar-refractivity contribution in [2.24, 2.45) is 0 Å². The van der Waals surface area contributed by atoms with Crippen LogP contribution in [-0.4, -0.2) is 15.0 Å². The zero-order chi connectivity index (χ0) is 37.0. The molecule has 0 unspecified atom stereocenters. The summed E-state index contributed by atoms with van der Waals surface area (Å²) < 4.78 is 5.20. The van der Waals surface area contributed by atoms with Crippen LogP contribution in [0.4, 0.5) is 0 Å². The van der Waals surface area contributed by atoms with Crippen molar-refractivity contribution in [3.05, 3.63) is 188 Å². The number of hydrogen-bond acceptors (Lipinski definition) is 5. The lowest BCUT2D eigenvalue weighted by Gasteiger charge is -2.15. The van der Waals surface area contributed by atoms with Gasteiger partial charge in [0.25, 0.3) is 0 Å². The van der Waals surface area contributed by atoms with Gasteiger partial charge in [-0.3, -0.25) is 4.98 Å². The molecule has 11 rings (SSSR count). The smallest absolute Gasteiger partial charge is 0.161 e. The number of rotatable bonds is 6. The first kappa shape index (κ1) is 32.6. The van der Waals surface area contributed by atoms with Crippen LogP contribution in [0.25, 0.3) is 108 Å². The van der Waals surface area contributed by atoms with Crippen LogP contribution in [-0.2, 0) is 0 Å². The maximum absolute atomic E-state index is 5.40. The van der Waals surface area contributed by atoms with Crippen molar-refractivity contribution in [3.63, 3.8) is 0 Å². The minimum Gasteiger partial charge on any atom is -0.265 e. The molecule has 0 aliphatic rings. The summed E-state index contributed by atoms with van der Waals surface area (Å²) in [5, 5.41) is 5.15. The molecule has 0 aliphatic heterocycles. The molecule has 0 amide bonds. The molecule has 0 fully saturated rings. The zero-order valence-electron chi connectivity index (χ0n) is 30.1. The molecule has 5 heteroatoms. The van der Waals surface area contributed by atoms with Crippen molar-refractivity contribution in [2.45, 2.75) is 0 Å². The SMILES string of the molecule is c1ccc(-c2cc(-c3cc(-c4ccc5sc6ccccc6c5c4)cc(-c4ccc5sc6ccccc6c5c4)c3)nc(-c3ccccc3-c3ccncc3)n2)cc1. The highest BCUT2D eigenvalue weighted by atomic mass is 32.1. The van der Waals surface area contributed by atoms with E-state index in [1.54, 1.807) is 0 Å². The number of aromatic nitrogens is 3. The maximum Gasteiger partial charge on any atom is 0.161 e. The molecule has 0 aliphatic carbocycles. The van der Waals surface area contributed by atoms with E-state index >= 15 is 0 Å². The number of pyridine rings is 1. The summed E-state index contributed by atoms with van der Waals surface area (Å²) in [5.74, 6) is 0.679. The predicted octanol–water partition coefficient (Wildman–Crippen LogP) is 14.6. The Morgan fingerprint density at radius 1 is 0.304 bits per heavy atom. The van der Waals surface area contributed by atoms with Gasteiger partial charge in [-0.15, -0.1) is 22.7 Å². The number of fused-ring (bicyclic) bond motifs is 6. The van der Waals surface area contributed by atoms with Crippen LogP contribution in [0.2, 0.25) is 0 Å². The molecule has 0 atom stereocenters. The maximum atomic E-state index is 5.40. The quantitative estimate of drug-likeness (QED) is 0.170. The first-order valence-corrected chi connectivity index (χ1v) is 20.3. The van der Waals surface area contributed by atoms with Gasteiger partial charge >= 0.3 is 0 Å². The van der Waals surface area contributed by atoms with E-state index in [4.69, 9.17) is 9.97 Å². The standard InChI is InChI=1S/C51H31N3S2/c1-2-10-33(11-3-1)45-31-46(54-51(53-45)42-15-5-4-12-39(42)32-22-24-52-25-23-32)38-27-36(34-18-20-49-43(29-34)40-13-6-8-16-47(40)55-49)26-37(28-38)35-19-21-50-44(30-35)41-14-7-9-17-48(41)56-50/h1-31H. The van der Waals surface area contributed by atoms with E-state index in [-0.39, 0.29) is 0 Å². The van der Waals surface area contributed by atoms with E-state index in [1.165, 1.54) is 51.5 Å². The second-order valence-corrected chi connectivity index (χ2v) is 16.2. The zero-order valence-corrected chi connectivity index (χ0v) is 31.7. The lowest BCUT2D eigenvalue weighted by molar-refractivity contribution is 1.18. The van der Waals surface area contributed by atoms with E-state index in [1.807, 2.05) is 53.3 Å². The second-order valence-electron chi connectivity index (χ2n) is 14.0. The van der Waals surface area contributed by atoms with Gasteiger partial charge in [0.1, 0.15) is 0 Å². The number of hydrogen-bond donors (Lipinski definition) is 0. The van der Waals surface area contributed by atoms with Crippen molar-refractivity contribution in [3.8, 4) is 67.3 Å². The highest BCUT2D eigenvalue weighted by Gasteiger charge is 2.17. The minimum absolute atomic E-state index is 0.679. The van der Waals surface area contributed by atoms with Crippen LogP contribution in [0.5, 0.6) is 0 Å². The first-order valence-electron chi connectivity index (χ1n) is 18.6. The lowest BCUT2D eigenvalue weighted by Crippen LogP contribution is -1.98. The van der Waals surface area contributed by atoms with Gasteiger partial charge in [0.15, 0.2) is 5.82 Å². The largest absolute Gasteiger partial charge is 0.265 e. The third kappa shape index (κ3) is 5.77. The Hall–Kier alpha value is -6.79. The normalized spacial score (nSPS) is 11.6. The van der Waals surface area contributed by atoms with Crippen molar-refractivity contribution in [1.82, 2.24) is 15.0 Å². The monoisotopic (exact) mass is 749 g/mol. The van der Waals surface area contributed by atoms with Gasteiger partial charge in [0.05, 0.1) is 11.4 Å². The molecule has 11 aromatic rings. The molecule has 4 heterocycles. The van der Waals surface area contributed by atoms with Crippen LogP contribution in [0.15, 0.2) is 188 Å². The van der Waals surface area contributed by atoms with E-state index in [0.29, 0.717) is 5.82 Å². The predicted molar refractivity (Wildman–Crippen MR) is 238 cm³/mol. The van der Waals surface area contributed by atoms with Crippen LogP contribution in [0, 0.1) is 0 Å². The fraction of sp³-hybridized carbons (Fsp3) is 0. The average molecular weight is 750 g/mol.